The van der Waals surface area contributed by atoms with Gasteiger partial charge < -0.3 is 15.0 Å². The molecule has 28 heavy (non-hydrogen) atoms. The van der Waals surface area contributed by atoms with Gasteiger partial charge in [0.1, 0.15) is 11.6 Å². The summed E-state index contributed by atoms with van der Waals surface area (Å²) in [4.78, 5) is 26.9. The van der Waals surface area contributed by atoms with Crippen LogP contribution in [0.5, 0.6) is 5.75 Å². The fraction of sp³-hybridized carbons (Fsp3) is 0.364. The molecule has 0 saturated carbocycles. The molecule has 0 aliphatic carbocycles. The predicted octanol–water partition coefficient (Wildman–Crippen LogP) is 3.71. The Morgan fingerprint density at radius 1 is 1.11 bits per heavy atom. The van der Waals surface area contributed by atoms with Gasteiger partial charge in [0.2, 0.25) is 5.91 Å². The Morgan fingerprint density at radius 2 is 1.86 bits per heavy atom. The van der Waals surface area contributed by atoms with Crippen LogP contribution < -0.4 is 10.1 Å². The third kappa shape index (κ3) is 4.68. The zero-order valence-corrected chi connectivity index (χ0v) is 16.0. The molecule has 1 unspecified atom stereocenters. The van der Waals surface area contributed by atoms with Crippen molar-refractivity contribution < 1.29 is 18.7 Å². The molecule has 0 radical (unpaired) electrons. The van der Waals surface area contributed by atoms with Gasteiger partial charge in [0, 0.05) is 6.54 Å². The van der Waals surface area contributed by atoms with Gasteiger partial charge in [0.15, 0.2) is 0 Å². The topological polar surface area (TPSA) is 58.6 Å². The van der Waals surface area contributed by atoms with Gasteiger partial charge in [-0.05, 0) is 42.7 Å². The summed E-state index contributed by atoms with van der Waals surface area (Å²) in [6, 6.07) is 13.5. The predicted molar refractivity (Wildman–Crippen MR) is 105 cm³/mol. The van der Waals surface area contributed by atoms with Gasteiger partial charge in [-0.1, -0.05) is 37.1 Å². The average molecular weight is 384 g/mol. The van der Waals surface area contributed by atoms with Crippen molar-refractivity contribution in [2.24, 2.45) is 0 Å². The summed E-state index contributed by atoms with van der Waals surface area (Å²) in [6.45, 7) is 0.491. The quantitative estimate of drug-likeness (QED) is 0.855. The minimum Gasteiger partial charge on any atom is -0.497 e. The molecule has 6 heteroatoms. The van der Waals surface area contributed by atoms with E-state index in [-0.39, 0.29) is 24.1 Å². The van der Waals surface area contributed by atoms with E-state index in [1.807, 2.05) is 29.2 Å². The van der Waals surface area contributed by atoms with Crippen LogP contribution in [0.4, 0.5) is 4.39 Å². The number of ether oxygens (including phenoxy) is 1. The van der Waals surface area contributed by atoms with Gasteiger partial charge in [0.25, 0.3) is 5.91 Å². The first-order chi connectivity index (χ1) is 13.6. The van der Waals surface area contributed by atoms with Crippen molar-refractivity contribution in [3.05, 3.63) is 65.5 Å². The van der Waals surface area contributed by atoms with Crippen LogP contribution in [0.25, 0.3) is 0 Å². The molecule has 0 bridgehead atoms. The van der Waals surface area contributed by atoms with Crippen LogP contribution in [0.15, 0.2) is 48.5 Å². The van der Waals surface area contributed by atoms with Gasteiger partial charge in [0.05, 0.1) is 25.3 Å². The van der Waals surface area contributed by atoms with Crippen molar-refractivity contribution in [3.8, 4) is 5.75 Å². The Balaban J connectivity index is 1.69. The van der Waals surface area contributed by atoms with Gasteiger partial charge >= 0.3 is 0 Å². The first-order valence-electron chi connectivity index (χ1n) is 9.56. The Labute approximate surface area is 164 Å². The maximum atomic E-state index is 13.8. The largest absolute Gasteiger partial charge is 0.497 e. The van der Waals surface area contributed by atoms with Crippen LogP contribution in [0, 0.1) is 5.82 Å². The van der Waals surface area contributed by atoms with Crippen LogP contribution >= 0.6 is 0 Å². The van der Waals surface area contributed by atoms with Crippen molar-refractivity contribution >= 4 is 11.8 Å². The number of methoxy groups -OCH3 is 1. The van der Waals surface area contributed by atoms with Gasteiger partial charge in [-0.15, -0.1) is 0 Å². The van der Waals surface area contributed by atoms with E-state index in [1.54, 1.807) is 13.2 Å². The summed E-state index contributed by atoms with van der Waals surface area (Å²) in [5.41, 5.74) is 0.995. The van der Waals surface area contributed by atoms with Crippen LogP contribution in [-0.2, 0) is 4.79 Å². The molecule has 1 saturated heterocycles. The smallest absolute Gasteiger partial charge is 0.254 e. The maximum Gasteiger partial charge on any atom is 0.254 e. The number of nitrogens with one attached hydrogen (secondary N) is 1. The number of halogens is 1. The van der Waals surface area contributed by atoms with Crippen molar-refractivity contribution in [2.45, 2.75) is 31.7 Å². The molecule has 148 valence electrons. The highest BCUT2D eigenvalue weighted by Gasteiger charge is 2.27. The highest BCUT2D eigenvalue weighted by molar-refractivity contribution is 5.96. The Bertz CT molecular complexity index is 823. The monoisotopic (exact) mass is 384 g/mol. The van der Waals surface area contributed by atoms with Gasteiger partial charge in [-0.3, -0.25) is 9.59 Å². The van der Waals surface area contributed by atoms with Crippen LogP contribution in [0.1, 0.15) is 47.6 Å². The number of nitrogens with zero attached hydrogens (tertiary/aromatic N) is 1. The number of benzene rings is 2. The molecule has 2 aromatic carbocycles. The van der Waals surface area contributed by atoms with E-state index < -0.39 is 11.7 Å². The molecule has 1 heterocycles. The molecule has 1 aliphatic heterocycles. The molecule has 2 amide bonds. The number of likely N-dealkylation sites (tertiary alicyclic amines) is 1. The lowest BCUT2D eigenvalue weighted by atomic mass is 10.0. The molecule has 1 aliphatic rings. The van der Waals surface area contributed by atoms with E-state index in [4.69, 9.17) is 4.74 Å². The molecule has 3 rings (SSSR count). The van der Waals surface area contributed by atoms with E-state index in [9.17, 15) is 14.0 Å². The number of rotatable bonds is 5. The van der Waals surface area contributed by atoms with E-state index in [1.165, 1.54) is 18.2 Å². The summed E-state index contributed by atoms with van der Waals surface area (Å²) in [5, 5.41) is 2.56. The Kier molecular flexibility index (Phi) is 6.63. The molecule has 1 fully saturated rings. The summed E-state index contributed by atoms with van der Waals surface area (Å²) in [6.07, 6.45) is 3.92. The third-order valence-electron chi connectivity index (χ3n) is 5.09. The SMILES string of the molecule is COc1ccc(C2CCCCCN2C(=O)CNC(=O)c2ccccc2F)cc1. The molecular weight excluding hydrogens is 359 g/mol. The summed E-state index contributed by atoms with van der Waals surface area (Å²) in [5.74, 6) is -0.569. The number of carbonyl (C=O) groups is 2. The van der Waals surface area contributed by atoms with Crippen molar-refractivity contribution in [1.29, 1.82) is 0 Å². The van der Waals surface area contributed by atoms with E-state index in [0.717, 1.165) is 37.0 Å². The first kappa shape index (κ1) is 19.9. The zero-order valence-electron chi connectivity index (χ0n) is 16.0. The van der Waals surface area contributed by atoms with Gasteiger partial charge in [-0.25, -0.2) is 4.39 Å². The van der Waals surface area contributed by atoms with Crippen LogP contribution in [0.2, 0.25) is 0 Å². The molecule has 1 atom stereocenters. The normalized spacial score (nSPS) is 16.9. The number of hydrogen-bond acceptors (Lipinski definition) is 3. The lowest BCUT2D eigenvalue weighted by Crippen LogP contribution is -2.42. The van der Waals surface area contributed by atoms with Crippen molar-refractivity contribution in [3.63, 3.8) is 0 Å². The van der Waals surface area contributed by atoms with Crippen molar-refractivity contribution in [1.82, 2.24) is 10.2 Å². The molecule has 5 nitrogen and oxygen atoms in total. The lowest BCUT2D eigenvalue weighted by molar-refractivity contribution is -0.132. The average Bonchev–Trinajstić information content (AvgIpc) is 2.98. The second kappa shape index (κ2) is 9.35. The van der Waals surface area contributed by atoms with Crippen molar-refractivity contribution in [2.75, 3.05) is 20.2 Å². The highest BCUT2D eigenvalue weighted by atomic mass is 19.1. The summed E-state index contributed by atoms with van der Waals surface area (Å²) < 4.78 is 19.0. The molecule has 1 N–H and O–H groups in total. The summed E-state index contributed by atoms with van der Waals surface area (Å²) >= 11 is 0. The second-order valence-corrected chi connectivity index (χ2v) is 6.89. The zero-order chi connectivity index (χ0) is 19.9. The highest BCUT2D eigenvalue weighted by Crippen LogP contribution is 2.31. The molecular formula is C22H25FN2O3. The minimum atomic E-state index is -0.599. The standard InChI is InChI=1S/C22H25FN2O3/c1-28-17-12-10-16(11-13-17)20-9-3-2-6-14-25(20)21(26)15-24-22(27)18-7-4-5-8-19(18)23/h4-5,7-8,10-13,20H,2-3,6,9,14-15H2,1H3,(H,24,27). The lowest BCUT2D eigenvalue weighted by Gasteiger charge is -2.30. The maximum absolute atomic E-state index is 13.8. The Morgan fingerprint density at radius 3 is 2.57 bits per heavy atom. The number of amides is 2. The summed E-state index contributed by atoms with van der Waals surface area (Å²) in [7, 11) is 1.62. The fourth-order valence-electron chi connectivity index (χ4n) is 3.58. The van der Waals surface area contributed by atoms with E-state index in [2.05, 4.69) is 5.32 Å². The third-order valence-corrected chi connectivity index (χ3v) is 5.09. The minimum absolute atomic E-state index is 0.0359. The number of hydrogen-bond donors (Lipinski definition) is 1. The Hall–Kier alpha value is -2.89. The second-order valence-electron chi connectivity index (χ2n) is 6.89. The van der Waals surface area contributed by atoms with E-state index in [0.29, 0.717) is 6.54 Å². The van der Waals surface area contributed by atoms with E-state index >= 15 is 0 Å². The molecule has 2 aromatic rings. The molecule has 0 aromatic heterocycles. The van der Waals surface area contributed by atoms with Crippen LogP contribution in [0.3, 0.4) is 0 Å². The molecule has 0 spiro atoms. The first-order valence-corrected chi connectivity index (χ1v) is 9.56. The van der Waals surface area contributed by atoms with Gasteiger partial charge in [-0.2, -0.15) is 0 Å². The number of carbonyl (C=O) groups excluding carboxylic acids is 2. The fourth-order valence-corrected chi connectivity index (χ4v) is 3.58. The van der Waals surface area contributed by atoms with Crippen LogP contribution in [-0.4, -0.2) is 36.9 Å².